The van der Waals surface area contributed by atoms with Crippen LogP contribution in [-0.2, 0) is 0 Å². The van der Waals surface area contributed by atoms with E-state index in [2.05, 4.69) is 21.0 Å². The van der Waals surface area contributed by atoms with Crippen LogP contribution in [0.15, 0.2) is 67.4 Å². The fourth-order valence-electron chi connectivity index (χ4n) is 2.59. The van der Waals surface area contributed by atoms with Gasteiger partial charge in [0, 0.05) is 35.2 Å². The molecule has 0 N–H and O–H groups in total. The van der Waals surface area contributed by atoms with Crippen molar-refractivity contribution in [3.63, 3.8) is 0 Å². The summed E-state index contributed by atoms with van der Waals surface area (Å²) in [6.07, 6.45) is 7.12. The van der Waals surface area contributed by atoms with Crippen molar-refractivity contribution >= 4 is 10.9 Å². The zero-order chi connectivity index (χ0) is 15.6. The highest BCUT2D eigenvalue weighted by Crippen LogP contribution is 2.25. The molecule has 0 fully saturated rings. The number of imidazole rings is 1. The third kappa shape index (κ3) is 2.42. The molecular weight excluding hydrogens is 288 g/mol. The molecular formula is C18H14N4O. The van der Waals surface area contributed by atoms with E-state index in [0.29, 0.717) is 0 Å². The highest BCUT2D eigenvalue weighted by molar-refractivity contribution is 5.80. The van der Waals surface area contributed by atoms with Crippen molar-refractivity contribution < 1.29 is 4.74 Å². The van der Waals surface area contributed by atoms with Crippen LogP contribution in [0.3, 0.4) is 0 Å². The fourth-order valence-corrected chi connectivity index (χ4v) is 2.59. The lowest BCUT2D eigenvalue weighted by Gasteiger charge is -2.09. The van der Waals surface area contributed by atoms with E-state index in [-0.39, 0.29) is 0 Å². The smallest absolute Gasteiger partial charge is 0.144 e. The molecule has 0 saturated heterocycles. The lowest BCUT2D eigenvalue weighted by Crippen LogP contribution is -1.97. The predicted molar refractivity (Wildman–Crippen MR) is 88.6 cm³/mol. The first-order valence-corrected chi connectivity index (χ1v) is 7.23. The molecule has 0 aliphatic carbocycles. The minimum atomic E-state index is 0.828. The Hall–Kier alpha value is -3.21. The van der Waals surface area contributed by atoms with Crippen LogP contribution in [-0.4, -0.2) is 26.6 Å². The SMILES string of the molecule is COc1ccc(-c2nccn2-c2ccc3ncncc3c2)cc1. The molecule has 4 aromatic rings. The van der Waals surface area contributed by atoms with Crippen LogP contribution in [0.4, 0.5) is 0 Å². The highest BCUT2D eigenvalue weighted by atomic mass is 16.5. The monoisotopic (exact) mass is 302 g/mol. The average Bonchev–Trinajstić information content (AvgIpc) is 3.11. The van der Waals surface area contributed by atoms with E-state index >= 15 is 0 Å². The van der Waals surface area contributed by atoms with E-state index in [9.17, 15) is 0 Å². The van der Waals surface area contributed by atoms with Crippen molar-refractivity contribution in [2.75, 3.05) is 7.11 Å². The molecule has 0 aliphatic heterocycles. The Balaban J connectivity index is 1.81. The predicted octanol–water partition coefficient (Wildman–Crippen LogP) is 3.49. The number of rotatable bonds is 3. The van der Waals surface area contributed by atoms with Gasteiger partial charge in [-0.2, -0.15) is 0 Å². The van der Waals surface area contributed by atoms with Gasteiger partial charge in [0.05, 0.1) is 12.6 Å². The molecule has 23 heavy (non-hydrogen) atoms. The molecule has 2 aromatic carbocycles. The van der Waals surface area contributed by atoms with Gasteiger partial charge in [-0.25, -0.2) is 15.0 Å². The van der Waals surface area contributed by atoms with Gasteiger partial charge in [-0.15, -0.1) is 0 Å². The standard InChI is InChI=1S/C18H14N4O/c1-23-16-5-2-13(3-6-16)18-20-8-9-22(18)15-4-7-17-14(10-15)11-19-12-21-17/h2-12H,1H3. The summed E-state index contributed by atoms with van der Waals surface area (Å²) >= 11 is 0. The van der Waals surface area contributed by atoms with Gasteiger partial charge in [-0.05, 0) is 42.5 Å². The van der Waals surface area contributed by atoms with Gasteiger partial charge in [0.25, 0.3) is 0 Å². The van der Waals surface area contributed by atoms with Crippen molar-refractivity contribution in [1.82, 2.24) is 19.5 Å². The Kier molecular flexibility index (Phi) is 3.24. The average molecular weight is 302 g/mol. The number of nitrogens with zero attached hydrogens (tertiary/aromatic N) is 4. The second kappa shape index (κ2) is 5.53. The highest BCUT2D eigenvalue weighted by Gasteiger charge is 2.08. The molecule has 0 saturated carbocycles. The van der Waals surface area contributed by atoms with Gasteiger partial charge < -0.3 is 4.74 Å². The summed E-state index contributed by atoms with van der Waals surface area (Å²) in [5.41, 5.74) is 2.98. The van der Waals surface area contributed by atoms with E-state index in [1.54, 1.807) is 19.6 Å². The first-order valence-electron chi connectivity index (χ1n) is 7.23. The minimum Gasteiger partial charge on any atom is -0.497 e. The summed E-state index contributed by atoms with van der Waals surface area (Å²) in [6.45, 7) is 0. The molecule has 0 radical (unpaired) electrons. The van der Waals surface area contributed by atoms with Gasteiger partial charge in [-0.1, -0.05) is 0 Å². The third-order valence-corrected chi connectivity index (χ3v) is 3.76. The van der Waals surface area contributed by atoms with Gasteiger partial charge in [0.1, 0.15) is 17.9 Å². The summed E-state index contributed by atoms with van der Waals surface area (Å²) in [7, 11) is 1.66. The van der Waals surface area contributed by atoms with E-state index in [1.807, 2.05) is 53.4 Å². The van der Waals surface area contributed by atoms with E-state index in [1.165, 1.54) is 0 Å². The van der Waals surface area contributed by atoms with E-state index in [0.717, 1.165) is 33.7 Å². The van der Waals surface area contributed by atoms with Gasteiger partial charge in [0.2, 0.25) is 0 Å². The normalized spacial score (nSPS) is 10.8. The molecule has 5 nitrogen and oxygen atoms in total. The van der Waals surface area contributed by atoms with Crippen LogP contribution >= 0.6 is 0 Å². The van der Waals surface area contributed by atoms with Crippen LogP contribution < -0.4 is 4.74 Å². The van der Waals surface area contributed by atoms with Gasteiger partial charge in [0.15, 0.2) is 0 Å². The molecule has 5 heteroatoms. The number of benzene rings is 2. The lowest BCUT2D eigenvalue weighted by molar-refractivity contribution is 0.415. The number of aromatic nitrogens is 4. The Morgan fingerprint density at radius 3 is 2.70 bits per heavy atom. The maximum absolute atomic E-state index is 5.21. The summed E-state index contributed by atoms with van der Waals surface area (Å²) < 4.78 is 7.26. The van der Waals surface area contributed by atoms with Crippen LogP contribution in [0.1, 0.15) is 0 Å². The van der Waals surface area contributed by atoms with Crippen LogP contribution in [0.2, 0.25) is 0 Å². The quantitative estimate of drug-likeness (QED) is 0.581. The summed E-state index contributed by atoms with van der Waals surface area (Å²) in [6, 6.07) is 14.0. The summed E-state index contributed by atoms with van der Waals surface area (Å²) in [4.78, 5) is 12.8. The van der Waals surface area contributed by atoms with E-state index < -0.39 is 0 Å². The molecule has 112 valence electrons. The second-order valence-electron chi connectivity index (χ2n) is 5.12. The maximum Gasteiger partial charge on any atom is 0.144 e. The first-order chi connectivity index (χ1) is 11.3. The van der Waals surface area contributed by atoms with E-state index in [4.69, 9.17) is 4.74 Å². The number of fused-ring (bicyclic) bond motifs is 1. The van der Waals surface area contributed by atoms with Crippen molar-refractivity contribution in [3.8, 4) is 22.8 Å². The van der Waals surface area contributed by atoms with Crippen LogP contribution in [0.25, 0.3) is 28.0 Å². The zero-order valence-corrected chi connectivity index (χ0v) is 12.5. The fraction of sp³-hybridized carbons (Fsp3) is 0.0556. The molecule has 0 aliphatic rings. The Morgan fingerprint density at radius 2 is 1.87 bits per heavy atom. The molecule has 0 unspecified atom stereocenters. The topological polar surface area (TPSA) is 52.8 Å². The summed E-state index contributed by atoms with van der Waals surface area (Å²) in [5.74, 6) is 1.71. The Labute approximate surface area is 133 Å². The van der Waals surface area contributed by atoms with Crippen molar-refractivity contribution in [2.45, 2.75) is 0 Å². The number of hydrogen-bond acceptors (Lipinski definition) is 4. The minimum absolute atomic E-state index is 0.828. The largest absolute Gasteiger partial charge is 0.497 e. The number of hydrogen-bond donors (Lipinski definition) is 0. The lowest BCUT2D eigenvalue weighted by atomic mass is 10.2. The Bertz CT molecular complexity index is 960. The maximum atomic E-state index is 5.21. The molecule has 0 bridgehead atoms. The van der Waals surface area contributed by atoms with Crippen LogP contribution in [0, 0.1) is 0 Å². The molecule has 2 aromatic heterocycles. The van der Waals surface area contributed by atoms with Crippen molar-refractivity contribution in [1.29, 1.82) is 0 Å². The number of methoxy groups -OCH3 is 1. The molecule has 2 heterocycles. The molecule has 0 amide bonds. The first kappa shape index (κ1) is 13.5. The third-order valence-electron chi connectivity index (χ3n) is 3.76. The van der Waals surface area contributed by atoms with Crippen molar-refractivity contribution in [3.05, 3.63) is 67.4 Å². The molecule has 0 atom stereocenters. The number of ether oxygens (including phenoxy) is 1. The van der Waals surface area contributed by atoms with Crippen molar-refractivity contribution in [2.24, 2.45) is 0 Å². The second-order valence-corrected chi connectivity index (χ2v) is 5.12. The molecule has 4 rings (SSSR count). The zero-order valence-electron chi connectivity index (χ0n) is 12.5. The van der Waals surface area contributed by atoms with Crippen LogP contribution in [0.5, 0.6) is 5.75 Å². The molecule has 0 spiro atoms. The summed E-state index contributed by atoms with van der Waals surface area (Å²) in [5, 5.41) is 0.999. The van der Waals surface area contributed by atoms with Gasteiger partial charge >= 0.3 is 0 Å². The van der Waals surface area contributed by atoms with Gasteiger partial charge in [-0.3, -0.25) is 4.57 Å². The Morgan fingerprint density at radius 1 is 1.00 bits per heavy atom.